The Morgan fingerprint density at radius 3 is 2.30 bits per heavy atom. The van der Waals surface area contributed by atoms with E-state index < -0.39 is 34.3 Å². The van der Waals surface area contributed by atoms with Crippen molar-refractivity contribution in [3.8, 4) is 11.5 Å². The summed E-state index contributed by atoms with van der Waals surface area (Å²) in [5.74, 6) is -2.70. The average Bonchev–Trinajstić information content (AvgIpc) is 3.23. The molecule has 5 nitrogen and oxygen atoms in total. The maximum absolute atomic E-state index is 14.6. The highest BCUT2D eigenvalue weighted by Gasteiger charge is 2.38. The summed E-state index contributed by atoms with van der Waals surface area (Å²) >= 11 is 4.17. The van der Waals surface area contributed by atoms with Crippen LogP contribution in [-0.4, -0.2) is 30.2 Å². The van der Waals surface area contributed by atoms with Crippen LogP contribution in [0.4, 0.5) is 13.2 Å². The van der Waals surface area contributed by atoms with Crippen LogP contribution in [-0.2, 0) is 0 Å². The van der Waals surface area contributed by atoms with Crippen molar-refractivity contribution < 1.29 is 27.4 Å². The fraction of sp³-hybridized carbons (Fsp3) is 0.130. The summed E-state index contributed by atoms with van der Waals surface area (Å²) in [4.78, 5) is 13.3. The number of rotatable bonds is 5. The van der Waals surface area contributed by atoms with Crippen molar-refractivity contribution in [2.24, 2.45) is 5.10 Å². The second kappa shape index (κ2) is 9.48. The molecule has 0 radical (unpaired) electrons. The summed E-state index contributed by atoms with van der Waals surface area (Å²) in [6, 6.07) is 12.6. The van der Waals surface area contributed by atoms with Crippen LogP contribution in [0.5, 0.6) is 11.5 Å². The summed E-state index contributed by atoms with van der Waals surface area (Å²) < 4.78 is 53.7. The van der Waals surface area contributed by atoms with E-state index in [0.29, 0.717) is 27.7 Å². The molecule has 4 rings (SSSR count). The minimum absolute atomic E-state index is 0.159. The third-order valence-corrected chi connectivity index (χ3v) is 6.54. The van der Waals surface area contributed by atoms with Gasteiger partial charge in [0, 0.05) is 15.6 Å². The number of benzene rings is 3. The molecule has 3 aromatic rings. The van der Waals surface area contributed by atoms with Crippen LogP contribution in [0.25, 0.3) is 0 Å². The molecule has 10 heteroatoms. The van der Waals surface area contributed by atoms with Crippen LogP contribution in [0, 0.1) is 17.5 Å². The molecule has 1 amide bonds. The Kier molecular flexibility index (Phi) is 6.66. The molecule has 0 saturated carbocycles. The summed E-state index contributed by atoms with van der Waals surface area (Å²) in [5, 5.41) is 4.90. The predicted octanol–water partition coefficient (Wildman–Crippen LogP) is 6.13. The molecular weight excluding hydrogens is 521 g/mol. The highest BCUT2D eigenvalue weighted by Crippen LogP contribution is 2.47. The number of methoxy groups -OCH3 is 2. The molecule has 0 aromatic heterocycles. The van der Waals surface area contributed by atoms with Crippen molar-refractivity contribution in [2.75, 3.05) is 14.2 Å². The third kappa shape index (κ3) is 4.45. The predicted molar refractivity (Wildman–Crippen MR) is 123 cm³/mol. The second-order valence-corrected chi connectivity index (χ2v) is 8.84. The molecule has 3 aromatic carbocycles. The van der Waals surface area contributed by atoms with E-state index in [4.69, 9.17) is 9.47 Å². The molecule has 1 aliphatic rings. The first-order valence-electron chi connectivity index (χ1n) is 9.54. The van der Waals surface area contributed by atoms with Crippen LogP contribution in [0.3, 0.4) is 0 Å². The summed E-state index contributed by atoms with van der Waals surface area (Å²) in [5.41, 5.74) is 0.309. The Balaban J connectivity index is 1.84. The highest BCUT2D eigenvalue weighted by atomic mass is 79.9. The van der Waals surface area contributed by atoms with E-state index in [0.717, 1.165) is 28.9 Å². The van der Waals surface area contributed by atoms with Crippen molar-refractivity contribution in [1.29, 1.82) is 0 Å². The van der Waals surface area contributed by atoms with Gasteiger partial charge in [0.2, 0.25) is 0 Å². The number of hydrazone groups is 1. The van der Waals surface area contributed by atoms with Crippen molar-refractivity contribution in [3.05, 3.63) is 93.2 Å². The van der Waals surface area contributed by atoms with Crippen molar-refractivity contribution >= 4 is 38.6 Å². The van der Waals surface area contributed by atoms with Gasteiger partial charge in [-0.1, -0.05) is 39.8 Å². The van der Waals surface area contributed by atoms with Gasteiger partial charge in [-0.3, -0.25) is 4.79 Å². The van der Waals surface area contributed by atoms with Crippen LogP contribution in [0.1, 0.15) is 26.9 Å². The quantitative estimate of drug-likeness (QED) is 0.393. The maximum atomic E-state index is 14.6. The molecule has 0 aliphatic carbocycles. The van der Waals surface area contributed by atoms with Gasteiger partial charge in [-0.05, 0) is 42.5 Å². The topological polar surface area (TPSA) is 51.1 Å². The Hall–Kier alpha value is -2.98. The largest absolute Gasteiger partial charge is 0.493 e. The van der Waals surface area contributed by atoms with Gasteiger partial charge in [-0.25, -0.2) is 18.2 Å². The Morgan fingerprint density at radius 1 is 1.03 bits per heavy atom. The first kappa shape index (κ1) is 23.2. The number of carbonyl (C=O) groups excluding carboxylic acids is 1. The van der Waals surface area contributed by atoms with Gasteiger partial charge < -0.3 is 9.47 Å². The number of amides is 1. The van der Waals surface area contributed by atoms with Crippen molar-refractivity contribution in [2.45, 2.75) is 5.37 Å². The lowest BCUT2D eigenvalue weighted by molar-refractivity contribution is 0.0737. The number of para-hydroxylation sites is 1. The van der Waals surface area contributed by atoms with E-state index in [1.165, 1.54) is 38.5 Å². The fourth-order valence-electron chi connectivity index (χ4n) is 3.36. The number of ether oxygens (including phenoxy) is 2. The minimum Gasteiger partial charge on any atom is -0.493 e. The van der Waals surface area contributed by atoms with E-state index in [2.05, 4.69) is 21.0 Å². The third-order valence-electron chi connectivity index (χ3n) is 4.86. The highest BCUT2D eigenvalue weighted by molar-refractivity contribution is 9.10. The molecule has 0 saturated heterocycles. The fourth-order valence-corrected chi connectivity index (χ4v) is 4.94. The molecule has 170 valence electrons. The number of hydrogen-bond acceptors (Lipinski definition) is 5. The van der Waals surface area contributed by atoms with Gasteiger partial charge in [0.05, 0.1) is 14.2 Å². The Bertz CT molecular complexity index is 1230. The number of hydrogen-bond donors (Lipinski definition) is 0. The Morgan fingerprint density at radius 2 is 1.70 bits per heavy atom. The monoisotopic (exact) mass is 536 g/mol. The van der Waals surface area contributed by atoms with E-state index in [9.17, 15) is 18.0 Å². The number of nitrogens with zero attached hydrogens (tertiary/aromatic N) is 2. The normalized spacial score (nSPS) is 15.4. The van der Waals surface area contributed by atoms with Crippen LogP contribution >= 0.6 is 27.7 Å². The average molecular weight is 537 g/mol. The van der Waals surface area contributed by atoms with Gasteiger partial charge in [-0.15, -0.1) is 0 Å². The Labute approximate surface area is 200 Å². The first-order valence-corrected chi connectivity index (χ1v) is 11.2. The zero-order valence-corrected chi connectivity index (χ0v) is 19.7. The van der Waals surface area contributed by atoms with E-state index in [1.54, 1.807) is 18.2 Å². The van der Waals surface area contributed by atoms with Gasteiger partial charge in [0.1, 0.15) is 33.4 Å². The van der Waals surface area contributed by atoms with E-state index in [-0.39, 0.29) is 4.47 Å². The van der Waals surface area contributed by atoms with Crippen LogP contribution < -0.4 is 9.47 Å². The smallest absolute Gasteiger partial charge is 0.281 e. The van der Waals surface area contributed by atoms with E-state index >= 15 is 0 Å². The SMILES string of the molecule is COc1cccc(C2SC(c3ccc(F)cc3)=NN2C(=O)c2c(F)cc(Br)cc2F)c1OC. The number of thioether (sulfide) groups is 1. The maximum Gasteiger partial charge on any atom is 0.281 e. The number of halogens is 4. The molecule has 1 unspecified atom stereocenters. The molecular formula is C23H16BrF3N2O3S. The summed E-state index contributed by atoms with van der Waals surface area (Å²) in [6.07, 6.45) is 0. The number of carbonyl (C=O) groups is 1. The molecule has 33 heavy (non-hydrogen) atoms. The molecule has 0 fully saturated rings. The first-order chi connectivity index (χ1) is 15.8. The van der Waals surface area contributed by atoms with Gasteiger partial charge in [0.15, 0.2) is 11.5 Å². The molecule has 0 spiro atoms. The molecule has 0 bridgehead atoms. The van der Waals surface area contributed by atoms with Gasteiger partial charge in [-0.2, -0.15) is 5.10 Å². The van der Waals surface area contributed by atoms with Gasteiger partial charge >= 0.3 is 0 Å². The lowest BCUT2D eigenvalue weighted by atomic mass is 10.1. The van der Waals surface area contributed by atoms with Crippen LogP contribution in [0.2, 0.25) is 0 Å². The molecule has 0 N–H and O–H groups in total. The zero-order chi connectivity index (χ0) is 23.7. The second-order valence-electron chi connectivity index (χ2n) is 6.86. The standard InChI is InChI=1S/C23H16BrF3N2O3S/c1-31-18-5-3-4-15(20(18)32-2)23-29(22(30)19-16(26)10-13(24)11-17(19)27)28-21(33-23)12-6-8-14(25)9-7-12/h3-11,23H,1-2H3. The molecule has 1 atom stereocenters. The van der Waals surface area contributed by atoms with Crippen molar-refractivity contribution in [3.63, 3.8) is 0 Å². The lowest BCUT2D eigenvalue weighted by Crippen LogP contribution is -2.28. The lowest BCUT2D eigenvalue weighted by Gasteiger charge is -2.24. The zero-order valence-electron chi connectivity index (χ0n) is 17.3. The van der Waals surface area contributed by atoms with E-state index in [1.807, 2.05) is 0 Å². The van der Waals surface area contributed by atoms with Gasteiger partial charge in [0.25, 0.3) is 5.91 Å². The van der Waals surface area contributed by atoms with Crippen molar-refractivity contribution in [1.82, 2.24) is 5.01 Å². The summed E-state index contributed by atoms with van der Waals surface area (Å²) in [6.45, 7) is 0. The molecule has 1 heterocycles. The van der Waals surface area contributed by atoms with Crippen LogP contribution in [0.15, 0.2) is 64.2 Å². The molecule has 1 aliphatic heterocycles. The minimum atomic E-state index is -1.03. The summed E-state index contributed by atoms with van der Waals surface area (Å²) in [7, 11) is 2.92.